The molecule has 4 heteroatoms. The maximum Gasteiger partial charge on any atom is 0.164 e. The van der Waals surface area contributed by atoms with E-state index in [9.17, 15) is 0 Å². The molecule has 9 aromatic carbocycles. The maximum atomic E-state index is 5.10. The highest BCUT2D eigenvalue weighted by atomic mass is 32.2. The van der Waals surface area contributed by atoms with Crippen molar-refractivity contribution in [3.05, 3.63) is 259 Å². The van der Waals surface area contributed by atoms with Crippen LogP contribution in [0.4, 0.5) is 0 Å². The normalized spacial score (nSPS) is 11.1. The highest BCUT2D eigenvalue weighted by Gasteiger charge is 2.17. The van der Waals surface area contributed by atoms with Crippen LogP contribution in [0.2, 0.25) is 0 Å². The molecule has 1 aromatic heterocycles. The third-order valence-electron chi connectivity index (χ3n) is 11.7. The van der Waals surface area contributed by atoms with Gasteiger partial charge in [-0.05, 0) is 93.2 Å². The molecule has 0 spiro atoms. The van der Waals surface area contributed by atoms with Crippen molar-refractivity contribution in [1.82, 2.24) is 15.0 Å². The maximum absolute atomic E-state index is 5.10. The van der Waals surface area contributed by atoms with Crippen LogP contribution < -0.4 is 0 Å². The molecule has 0 radical (unpaired) electrons. The van der Waals surface area contributed by atoms with E-state index in [1.165, 1.54) is 43.8 Å². The van der Waals surface area contributed by atoms with Gasteiger partial charge in [0.25, 0.3) is 0 Å². The Morgan fingerprint density at radius 3 is 1.12 bits per heavy atom. The lowest BCUT2D eigenvalue weighted by Gasteiger charge is -2.20. The molecule has 3 nitrogen and oxygen atoms in total. The zero-order valence-electron chi connectivity index (χ0n) is 35.3. The van der Waals surface area contributed by atoms with Gasteiger partial charge in [-0.3, -0.25) is 0 Å². The molecule has 0 saturated heterocycles. The predicted octanol–water partition coefficient (Wildman–Crippen LogP) is 15.8. The summed E-state index contributed by atoms with van der Waals surface area (Å²) in [6.45, 7) is 0. The molecule has 10 aromatic rings. The Morgan fingerprint density at radius 2 is 0.656 bits per heavy atom. The summed E-state index contributed by atoms with van der Waals surface area (Å²) in [6.07, 6.45) is 1.92. The van der Waals surface area contributed by atoms with Crippen LogP contribution in [0.15, 0.2) is 252 Å². The molecule has 306 valence electrons. The molecule has 0 aliphatic carbocycles. The summed E-state index contributed by atoms with van der Waals surface area (Å²) in [4.78, 5) is 17.4. The second-order valence-corrected chi connectivity index (χ2v) is 17.1. The lowest BCUT2D eigenvalue weighted by Crippen LogP contribution is -2.03. The van der Waals surface area contributed by atoms with Crippen molar-refractivity contribution in [3.8, 4) is 67.5 Å². The number of rotatable bonds is 13. The van der Waals surface area contributed by atoms with E-state index in [1.807, 2.05) is 60.7 Å². The van der Waals surface area contributed by atoms with Gasteiger partial charge in [0.15, 0.2) is 17.5 Å². The number of nitrogens with zero attached hydrogens (tertiary/aromatic N) is 3. The van der Waals surface area contributed by atoms with Crippen molar-refractivity contribution >= 4 is 11.8 Å². The van der Waals surface area contributed by atoms with E-state index in [0.717, 1.165) is 45.6 Å². The van der Waals surface area contributed by atoms with Gasteiger partial charge in [0.05, 0.1) is 0 Å². The number of aryl methyl sites for hydroxylation is 1. The minimum Gasteiger partial charge on any atom is -0.208 e. The molecular weight excluding hydrogens is 795 g/mol. The van der Waals surface area contributed by atoms with Crippen LogP contribution in [0.3, 0.4) is 0 Å². The molecule has 0 saturated carbocycles. The molecule has 0 fully saturated rings. The monoisotopic (exact) mass is 839 g/mol. The SMILES string of the molecule is c1ccc(Sc2cc(-c3ccc(CCC(c4ccc(-c5ccccc5)cc4)c4ccc(-c5ccccc5)cc4)cc3)cc(-c3nc(-c4ccccc4)nc(-c4ccccc4)n3)c2)cc1. The lowest BCUT2D eigenvalue weighted by atomic mass is 9.85. The van der Waals surface area contributed by atoms with E-state index in [-0.39, 0.29) is 5.92 Å². The molecule has 0 N–H and O–H groups in total. The van der Waals surface area contributed by atoms with Crippen molar-refractivity contribution in [2.75, 3.05) is 0 Å². The molecule has 10 rings (SSSR count). The lowest BCUT2D eigenvalue weighted by molar-refractivity contribution is 0.715. The van der Waals surface area contributed by atoms with Crippen LogP contribution in [-0.4, -0.2) is 15.0 Å². The van der Waals surface area contributed by atoms with Crippen molar-refractivity contribution in [2.45, 2.75) is 28.6 Å². The standard InChI is InChI=1S/C60H45N3S/c1-6-16-44(17-7-1)46-31-35-49(36-32-46)57(50-37-33-47(34-38-50)45-18-8-2-9-19-45)39-28-43-26-29-48(30-27-43)53-40-54(42-56(41-53)64-55-24-14-5-15-25-55)60-62-58(51-20-10-3-11-21-51)61-59(63-60)52-22-12-4-13-23-52/h1-27,29-38,40-42,57H,28,39H2. The second kappa shape index (κ2) is 19.2. The van der Waals surface area contributed by atoms with Gasteiger partial charge in [-0.15, -0.1) is 0 Å². The molecule has 0 bridgehead atoms. The summed E-state index contributed by atoms with van der Waals surface area (Å²) >= 11 is 1.74. The van der Waals surface area contributed by atoms with Crippen molar-refractivity contribution in [1.29, 1.82) is 0 Å². The van der Waals surface area contributed by atoms with Crippen molar-refractivity contribution in [3.63, 3.8) is 0 Å². The molecule has 64 heavy (non-hydrogen) atoms. The fraction of sp³-hybridized carbons (Fsp3) is 0.0500. The first-order valence-electron chi connectivity index (χ1n) is 21.8. The largest absolute Gasteiger partial charge is 0.208 e. The van der Waals surface area contributed by atoms with E-state index >= 15 is 0 Å². The van der Waals surface area contributed by atoms with Gasteiger partial charge < -0.3 is 0 Å². The Morgan fingerprint density at radius 1 is 0.297 bits per heavy atom. The predicted molar refractivity (Wildman–Crippen MR) is 266 cm³/mol. The smallest absolute Gasteiger partial charge is 0.164 e. The zero-order valence-corrected chi connectivity index (χ0v) is 36.2. The Balaban J connectivity index is 0.966. The van der Waals surface area contributed by atoms with Gasteiger partial charge in [0.2, 0.25) is 0 Å². The highest BCUT2D eigenvalue weighted by Crippen LogP contribution is 2.37. The summed E-state index contributed by atoms with van der Waals surface area (Å²) in [6, 6.07) is 86.2. The van der Waals surface area contributed by atoms with Crippen LogP contribution in [-0.2, 0) is 6.42 Å². The number of hydrogen-bond donors (Lipinski definition) is 0. The van der Waals surface area contributed by atoms with Gasteiger partial charge in [0, 0.05) is 32.4 Å². The van der Waals surface area contributed by atoms with Crippen molar-refractivity contribution < 1.29 is 0 Å². The summed E-state index contributed by atoms with van der Waals surface area (Å²) in [5.41, 5.74) is 14.0. The summed E-state index contributed by atoms with van der Waals surface area (Å²) in [5, 5.41) is 0. The van der Waals surface area contributed by atoms with E-state index in [4.69, 9.17) is 15.0 Å². The topological polar surface area (TPSA) is 38.7 Å². The third kappa shape index (κ3) is 9.53. The minimum atomic E-state index is 0.241. The molecule has 1 heterocycles. The van der Waals surface area contributed by atoms with E-state index < -0.39 is 0 Å². The Labute approximate surface area is 380 Å². The van der Waals surface area contributed by atoms with Gasteiger partial charge >= 0.3 is 0 Å². The second-order valence-electron chi connectivity index (χ2n) is 16.0. The molecule has 0 amide bonds. The first-order chi connectivity index (χ1) is 31.7. The summed E-state index contributed by atoms with van der Waals surface area (Å²) in [7, 11) is 0. The summed E-state index contributed by atoms with van der Waals surface area (Å²) < 4.78 is 0. The van der Waals surface area contributed by atoms with Gasteiger partial charge in [-0.25, -0.2) is 15.0 Å². The molecular formula is C60H45N3S. The van der Waals surface area contributed by atoms with Crippen LogP contribution in [0, 0.1) is 0 Å². The Bertz CT molecular complexity index is 2930. The van der Waals surface area contributed by atoms with Crippen LogP contribution >= 0.6 is 11.8 Å². The molecule has 0 aliphatic heterocycles. The van der Waals surface area contributed by atoms with Gasteiger partial charge in [0.1, 0.15) is 0 Å². The van der Waals surface area contributed by atoms with E-state index in [2.05, 4.69) is 182 Å². The first kappa shape index (κ1) is 40.4. The van der Waals surface area contributed by atoms with Gasteiger partial charge in [-0.2, -0.15) is 0 Å². The number of benzene rings is 9. The zero-order chi connectivity index (χ0) is 42.9. The quantitative estimate of drug-likeness (QED) is 0.116. The minimum absolute atomic E-state index is 0.241. The molecule has 0 unspecified atom stereocenters. The van der Waals surface area contributed by atoms with E-state index in [0.29, 0.717) is 17.5 Å². The average Bonchev–Trinajstić information content (AvgIpc) is 3.38. The van der Waals surface area contributed by atoms with Crippen molar-refractivity contribution in [2.24, 2.45) is 0 Å². The van der Waals surface area contributed by atoms with Crippen LogP contribution in [0.5, 0.6) is 0 Å². The molecule has 0 aliphatic rings. The molecule has 0 atom stereocenters. The Kier molecular flexibility index (Phi) is 12.1. The number of aromatic nitrogens is 3. The Hall–Kier alpha value is -7.66. The number of hydrogen-bond acceptors (Lipinski definition) is 4. The summed E-state index contributed by atoms with van der Waals surface area (Å²) in [5.74, 6) is 2.18. The van der Waals surface area contributed by atoms with Crippen LogP contribution in [0.1, 0.15) is 29.0 Å². The fourth-order valence-electron chi connectivity index (χ4n) is 8.29. The van der Waals surface area contributed by atoms with Gasteiger partial charge in [-0.1, -0.05) is 224 Å². The third-order valence-corrected chi connectivity index (χ3v) is 12.7. The fourth-order valence-corrected chi connectivity index (χ4v) is 9.23. The average molecular weight is 840 g/mol. The first-order valence-corrected chi connectivity index (χ1v) is 22.7. The highest BCUT2D eigenvalue weighted by molar-refractivity contribution is 7.99. The van der Waals surface area contributed by atoms with E-state index in [1.54, 1.807) is 11.8 Å². The van der Waals surface area contributed by atoms with Crippen LogP contribution in [0.25, 0.3) is 67.5 Å².